The van der Waals surface area contributed by atoms with Crippen LogP contribution in [0.25, 0.3) is 0 Å². The third-order valence-corrected chi connectivity index (χ3v) is 11.6. The molecule has 2 amide bonds. The quantitative estimate of drug-likeness (QED) is 0.538. The number of carbonyl (C=O) groups excluding carboxylic acids is 1. The summed E-state index contributed by atoms with van der Waals surface area (Å²) in [4.78, 5) is 27.3. The summed E-state index contributed by atoms with van der Waals surface area (Å²) in [7, 11) is 0. The normalized spacial score (nSPS) is 41.9. The fourth-order valence-corrected chi connectivity index (χ4v) is 9.47. The highest BCUT2D eigenvalue weighted by Crippen LogP contribution is 2.67. The molecule has 5 aliphatic rings. The molecule has 4 aliphatic carbocycles. The van der Waals surface area contributed by atoms with E-state index >= 15 is 0 Å². The van der Waals surface area contributed by atoms with E-state index < -0.39 is 6.09 Å². The Morgan fingerprint density at radius 3 is 2.46 bits per heavy atom. The molecule has 8 atom stereocenters. The van der Waals surface area contributed by atoms with Crippen LogP contribution in [0.4, 0.5) is 4.79 Å². The number of allylic oxidation sites excluding steroid dienone is 1. The second-order valence-electron chi connectivity index (χ2n) is 13.1. The lowest BCUT2D eigenvalue weighted by atomic mass is 9.47. The van der Waals surface area contributed by atoms with Crippen molar-refractivity contribution in [1.82, 2.24) is 9.80 Å². The van der Waals surface area contributed by atoms with Gasteiger partial charge in [-0.15, -0.1) is 0 Å². The summed E-state index contributed by atoms with van der Waals surface area (Å²) in [5.74, 6) is 3.77. The molecule has 1 saturated heterocycles. The Morgan fingerprint density at radius 1 is 1.03 bits per heavy atom. The van der Waals surface area contributed by atoms with Gasteiger partial charge in [-0.3, -0.25) is 4.79 Å². The number of piperazine rings is 1. The van der Waals surface area contributed by atoms with Gasteiger partial charge in [-0.1, -0.05) is 32.4 Å². The van der Waals surface area contributed by atoms with Crippen LogP contribution < -0.4 is 0 Å². The third-order valence-electron chi connectivity index (χ3n) is 11.6. The molecule has 0 bridgehead atoms. The van der Waals surface area contributed by atoms with Gasteiger partial charge >= 0.3 is 6.09 Å². The highest BCUT2D eigenvalue weighted by atomic mass is 16.4. The molecule has 196 valence electrons. The van der Waals surface area contributed by atoms with Gasteiger partial charge in [-0.2, -0.15) is 0 Å². The van der Waals surface area contributed by atoms with Crippen LogP contribution >= 0.6 is 0 Å². The van der Waals surface area contributed by atoms with Crippen molar-refractivity contribution in [2.45, 2.75) is 91.1 Å². The number of carboxylic acid groups (broad SMARTS) is 1. The van der Waals surface area contributed by atoms with Crippen molar-refractivity contribution < 1.29 is 19.8 Å². The summed E-state index contributed by atoms with van der Waals surface area (Å²) >= 11 is 0. The summed E-state index contributed by atoms with van der Waals surface area (Å²) in [6.07, 6.45) is 12.5. The Kier molecular flexibility index (Phi) is 6.73. The van der Waals surface area contributed by atoms with Gasteiger partial charge in [0.25, 0.3) is 0 Å². The van der Waals surface area contributed by atoms with E-state index in [1.54, 1.807) is 5.57 Å². The van der Waals surface area contributed by atoms with E-state index in [4.69, 9.17) is 5.11 Å². The molecule has 0 aromatic rings. The molecule has 1 aliphatic heterocycles. The summed E-state index contributed by atoms with van der Waals surface area (Å²) in [5, 5.41) is 19.4. The predicted molar refractivity (Wildman–Crippen MR) is 136 cm³/mol. The van der Waals surface area contributed by atoms with Crippen molar-refractivity contribution in [2.24, 2.45) is 40.4 Å². The Bertz CT molecular complexity index is 865. The van der Waals surface area contributed by atoms with E-state index in [0.29, 0.717) is 55.3 Å². The summed E-state index contributed by atoms with van der Waals surface area (Å²) < 4.78 is 0. The molecule has 0 unspecified atom stereocenters. The van der Waals surface area contributed by atoms with Crippen LogP contribution in [0.1, 0.15) is 85.0 Å². The van der Waals surface area contributed by atoms with Crippen molar-refractivity contribution in [2.75, 3.05) is 26.2 Å². The highest BCUT2D eigenvalue weighted by molar-refractivity contribution is 5.76. The van der Waals surface area contributed by atoms with Crippen LogP contribution in [0.15, 0.2) is 11.6 Å². The number of amides is 2. The van der Waals surface area contributed by atoms with Gasteiger partial charge in [0, 0.05) is 32.6 Å². The largest absolute Gasteiger partial charge is 0.465 e. The maximum absolute atomic E-state index is 12.9. The molecule has 4 fully saturated rings. The average Bonchev–Trinajstić information content (AvgIpc) is 3.20. The van der Waals surface area contributed by atoms with Gasteiger partial charge in [0.1, 0.15) is 0 Å². The van der Waals surface area contributed by atoms with E-state index in [0.717, 1.165) is 43.4 Å². The Morgan fingerprint density at radius 2 is 1.74 bits per heavy atom. The van der Waals surface area contributed by atoms with Crippen LogP contribution in [0, 0.1) is 40.4 Å². The molecule has 0 aromatic carbocycles. The van der Waals surface area contributed by atoms with Crippen LogP contribution in [0.3, 0.4) is 0 Å². The highest BCUT2D eigenvalue weighted by Gasteiger charge is 2.59. The SMILES string of the molecule is C[C@H](CCC(=O)N1CCN(C(=O)O)CC1)[C@H]1CC[C@H]2[C@@H]3CC=C4C[C@@H](O)CC[C@]4(C)[C@H]3CC[C@]12C. The number of fused-ring (bicyclic) bond motifs is 5. The standard InChI is InChI=1S/C29H46N2O4/c1-19(4-9-26(33)30-14-16-31(17-15-30)27(34)35)23-7-8-24-22-6-5-20-18-21(32)10-12-28(20,2)25(22)11-13-29(23,24)3/h5,19,21-25,32H,4,6-18H2,1-3H3,(H,34,35)/t19-,21+,22+,23-,24+,25+,28+,29-/m1/s1. The number of nitrogens with zero attached hydrogens (tertiary/aromatic N) is 2. The van der Waals surface area contributed by atoms with Crippen LogP contribution in [0.2, 0.25) is 0 Å². The zero-order chi connectivity index (χ0) is 25.0. The van der Waals surface area contributed by atoms with Crippen LogP contribution in [-0.2, 0) is 4.79 Å². The van der Waals surface area contributed by atoms with E-state index in [-0.39, 0.29) is 12.0 Å². The smallest absolute Gasteiger partial charge is 0.407 e. The minimum Gasteiger partial charge on any atom is -0.465 e. The number of carbonyl (C=O) groups is 2. The van der Waals surface area contributed by atoms with Gasteiger partial charge in [-0.25, -0.2) is 4.79 Å². The van der Waals surface area contributed by atoms with E-state index in [1.165, 1.54) is 37.0 Å². The first-order valence-electron chi connectivity index (χ1n) is 14.3. The number of aliphatic hydroxyl groups excluding tert-OH is 1. The average molecular weight is 487 g/mol. The van der Waals surface area contributed by atoms with Crippen molar-refractivity contribution >= 4 is 12.0 Å². The second-order valence-corrected chi connectivity index (χ2v) is 13.1. The first-order chi connectivity index (χ1) is 16.6. The maximum Gasteiger partial charge on any atom is 0.407 e. The second kappa shape index (κ2) is 9.39. The van der Waals surface area contributed by atoms with E-state index in [2.05, 4.69) is 26.8 Å². The monoisotopic (exact) mass is 486 g/mol. The van der Waals surface area contributed by atoms with Gasteiger partial charge in [-0.05, 0) is 98.2 Å². The van der Waals surface area contributed by atoms with Gasteiger partial charge < -0.3 is 20.0 Å². The molecule has 0 aromatic heterocycles. The molecule has 6 nitrogen and oxygen atoms in total. The minimum atomic E-state index is -0.885. The Hall–Kier alpha value is -1.56. The van der Waals surface area contributed by atoms with Crippen LogP contribution in [0.5, 0.6) is 0 Å². The maximum atomic E-state index is 12.9. The van der Waals surface area contributed by atoms with Crippen molar-refractivity contribution in [1.29, 1.82) is 0 Å². The zero-order valence-electron chi connectivity index (χ0n) is 22.0. The molecule has 2 N–H and O–H groups in total. The van der Waals surface area contributed by atoms with Gasteiger partial charge in [0.05, 0.1) is 6.10 Å². The number of hydrogen-bond acceptors (Lipinski definition) is 3. The molecular formula is C29H46N2O4. The fourth-order valence-electron chi connectivity index (χ4n) is 9.47. The minimum absolute atomic E-state index is 0.139. The van der Waals surface area contributed by atoms with Gasteiger partial charge in [0.2, 0.25) is 5.91 Å². The first kappa shape index (κ1) is 25.1. The molecule has 35 heavy (non-hydrogen) atoms. The molecule has 5 rings (SSSR count). The van der Waals surface area contributed by atoms with E-state index in [9.17, 15) is 14.7 Å². The molecule has 0 spiro atoms. The summed E-state index contributed by atoms with van der Waals surface area (Å²) in [5.41, 5.74) is 2.23. The predicted octanol–water partition coefficient (Wildman–Crippen LogP) is 5.16. The molecular weight excluding hydrogens is 440 g/mol. The summed E-state index contributed by atoms with van der Waals surface area (Å²) in [6.45, 7) is 9.35. The lowest BCUT2D eigenvalue weighted by Crippen LogP contribution is -2.51. The van der Waals surface area contributed by atoms with E-state index in [1.807, 2.05) is 4.90 Å². The zero-order valence-corrected chi connectivity index (χ0v) is 22.0. The Balaban J connectivity index is 1.20. The molecule has 0 radical (unpaired) electrons. The summed E-state index contributed by atoms with van der Waals surface area (Å²) in [6, 6.07) is 0. The number of hydrogen-bond donors (Lipinski definition) is 2. The first-order valence-corrected chi connectivity index (χ1v) is 14.3. The molecule has 1 heterocycles. The fraction of sp³-hybridized carbons (Fsp3) is 0.862. The lowest BCUT2D eigenvalue weighted by Gasteiger charge is -2.58. The molecule has 3 saturated carbocycles. The Labute approximate surface area is 211 Å². The van der Waals surface area contributed by atoms with Crippen molar-refractivity contribution in [3.8, 4) is 0 Å². The van der Waals surface area contributed by atoms with Crippen molar-refractivity contribution in [3.63, 3.8) is 0 Å². The van der Waals surface area contributed by atoms with Gasteiger partial charge in [0.15, 0.2) is 0 Å². The third kappa shape index (κ3) is 4.32. The number of rotatable bonds is 4. The lowest BCUT2D eigenvalue weighted by molar-refractivity contribution is -0.133. The van der Waals surface area contributed by atoms with Crippen LogP contribution in [-0.4, -0.2) is 64.3 Å². The molecule has 6 heteroatoms. The topological polar surface area (TPSA) is 81.1 Å². The van der Waals surface area contributed by atoms with Crippen molar-refractivity contribution in [3.05, 3.63) is 11.6 Å². The number of aliphatic hydroxyl groups is 1.